The Hall–Kier alpha value is -7.55. The summed E-state index contributed by atoms with van der Waals surface area (Å²) in [6, 6.07) is 45.2. The van der Waals surface area contributed by atoms with Crippen LogP contribution in [-0.2, 0) is 47.3 Å². The van der Waals surface area contributed by atoms with Crippen LogP contribution in [0.5, 0.6) is 0 Å². The molecule has 0 N–H and O–H groups in total. The van der Waals surface area contributed by atoms with E-state index in [0.717, 1.165) is 66.2 Å². The molecule has 11 aromatic rings. The third-order valence-corrected chi connectivity index (χ3v) is 19.0. The summed E-state index contributed by atoms with van der Waals surface area (Å²) in [5.74, 6) is -0.0619. The second-order valence-electron chi connectivity index (χ2n) is 28.1. The molecule has 0 unspecified atom stereocenters. The number of fused-ring (bicyclic) bond motifs is 18. The summed E-state index contributed by atoms with van der Waals surface area (Å²) in [6.45, 7) is 28.2. The van der Waals surface area contributed by atoms with Gasteiger partial charge in [-0.05, 0) is 207 Å². The van der Waals surface area contributed by atoms with Gasteiger partial charge in [0.2, 0.25) is 0 Å². The number of benzene rings is 8. The van der Waals surface area contributed by atoms with E-state index in [-0.39, 0.29) is 27.6 Å². The van der Waals surface area contributed by atoms with E-state index in [1.807, 2.05) is 6.07 Å². The molecule has 0 amide bonds. The Bertz CT molecular complexity index is 4480. The Kier molecular flexibility index (Phi) is 10.0. The van der Waals surface area contributed by atoms with Gasteiger partial charge in [0, 0.05) is 49.4 Å². The van der Waals surface area contributed by atoms with Crippen LogP contribution < -0.4 is 0 Å². The van der Waals surface area contributed by atoms with Crippen molar-refractivity contribution >= 4 is 76.7 Å². The quantitative estimate of drug-likeness (QED) is 0.165. The van der Waals surface area contributed by atoms with Gasteiger partial charge in [-0.25, -0.2) is 0 Å². The maximum atomic E-state index is 11.1. The highest BCUT2D eigenvalue weighted by atomic mass is 16.4. The third-order valence-electron chi connectivity index (χ3n) is 19.0. The lowest BCUT2D eigenvalue weighted by Gasteiger charge is -2.37. The molecule has 0 spiro atoms. The van der Waals surface area contributed by atoms with Gasteiger partial charge in [0.05, 0.1) is 39.0 Å². The van der Waals surface area contributed by atoms with Crippen LogP contribution in [0.1, 0.15) is 181 Å². The summed E-state index contributed by atoms with van der Waals surface area (Å²) >= 11 is 0. The molecule has 0 radical (unpaired) electrons. The largest absolute Gasteiger partial charge is 0.452 e. The zero-order valence-corrected chi connectivity index (χ0v) is 48.3. The molecule has 0 atom stereocenters. The molecule has 0 saturated heterocycles. The molecule has 0 fully saturated rings. The molecular formula is C74H71N3O2. The number of hydrogen-bond donors (Lipinski definition) is 0. The number of rotatable bonds is 1. The predicted molar refractivity (Wildman–Crippen MR) is 329 cm³/mol. The molecule has 5 nitrogen and oxygen atoms in total. The Balaban J connectivity index is 1.14. The summed E-state index contributed by atoms with van der Waals surface area (Å²) in [5, 5.41) is 18.6. The van der Waals surface area contributed by atoms with Gasteiger partial charge in [-0.3, -0.25) is 0 Å². The number of hydrogen-bond acceptors (Lipinski definition) is 3. The average molecular weight is 1030 g/mol. The lowest BCUT2D eigenvalue weighted by molar-refractivity contribution is 0.588. The summed E-state index contributed by atoms with van der Waals surface area (Å²) in [4.78, 5) is 0. The second kappa shape index (κ2) is 16.3. The molecule has 5 heteroatoms. The molecule has 8 aromatic carbocycles. The summed E-state index contributed by atoms with van der Waals surface area (Å²) in [7, 11) is 0. The van der Waals surface area contributed by atoms with Crippen molar-refractivity contribution in [2.24, 2.45) is 0 Å². The van der Waals surface area contributed by atoms with Gasteiger partial charge in [-0.15, -0.1) is 0 Å². The van der Waals surface area contributed by atoms with Crippen molar-refractivity contribution in [2.45, 2.75) is 162 Å². The van der Waals surface area contributed by atoms with Crippen LogP contribution in [0.15, 0.2) is 118 Å². The maximum Gasteiger partial charge on any atom is 0.188 e. The van der Waals surface area contributed by atoms with E-state index in [9.17, 15) is 5.26 Å². The zero-order chi connectivity index (χ0) is 54.6. The van der Waals surface area contributed by atoms with Gasteiger partial charge in [0.15, 0.2) is 11.2 Å². The fourth-order valence-electron chi connectivity index (χ4n) is 14.7. The SMILES string of the molecule is CC(C)(C)c1ccc2c(c1)c1cc(C(C)(C)C)cc3c1n2-c1cc(-c2ccc(C#N)c4oc5ccc6c(c5c5c7c(ccc5oc24)CCCC7)CCCC6)cc2c1C3c1cc(C(C)(C)C)cc3c4cc(C(C)(C)C)ccc4n-2c13. The average Bonchev–Trinajstić information content (AvgIpc) is 3.11. The first-order valence-corrected chi connectivity index (χ1v) is 29.3. The molecule has 4 aliphatic rings. The van der Waals surface area contributed by atoms with Crippen molar-refractivity contribution in [2.75, 3.05) is 0 Å². The highest BCUT2D eigenvalue weighted by molar-refractivity contribution is 6.16. The van der Waals surface area contributed by atoms with Crippen molar-refractivity contribution in [1.29, 1.82) is 5.26 Å². The molecule has 2 aliphatic heterocycles. The van der Waals surface area contributed by atoms with Crippen LogP contribution >= 0.6 is 0 Å². The fraction of sp³-hybridized carbons (Fsp3) is 0.338. The van der Waals surface area contributed by atoms with Gasteiger partial charge in [0.1, 0.15) is 17.2 Å². The minimum atomic E-state index is -0.102. The van der Waals surface area contributed by atoms with Crippen LogP contribution in [0, 0.1) is 11.3 Å². The monoisotopic (exact) mass is 1030 g/mol. The Morgan fingerprint density at radius 1 is 0.456 bits per heavy atom. The fourth-order valence-corrected chi connectivity index (χ4v) is 14.7. The standard InChI is InChI=1S/C74H71N3O2/c1-71(2,3)44-24-27-57-51(33-44)53-35-46(73(7,8)9)37-55-63-56-38-47(74(10,11)12)36-54-52-34-45(72(4,5)6)25-28-58(52)77(68(54)56)60-32-43(31-59(66(60)63)76(57)67(53)55)50-26-21-42(39-75)69-70(50)79-62-30-23-41-18-14-16-20-49(41)65(62)64-48-19-15-13-17-40(48)22-29-61(64)78-69/h21-38,63H,13-20H2,1-12H3. The summed E-state index contributed by atoms with van der Waals surface area (Å²) in [6.07, 6.45) is 8.80. The van der Waals surface area contributed by atoms with Crippen LogP contribution in [0.4, 0.5) is 0 Å². The molecule has 5 heterocycles. The number of nitrogens with zero attached hydrogens (tertiary/aromatic N) is 3. The first kappa shape index (κ1) is 48.6. The lowest BCUT2D eigenvalue weighted by Crippen LogP contribution is -2.24. The Morgan fingerprint density at radius 2 is 0.899 bits per heavy atom. The van der Waals surface area contributed by atoms with E-state index in [2.05, 4.69) is 201 Å². The van der Waals surface area contributed by atoms with Gasteiger partial charge in [-0.2, -0.15) is 5.26 Å². The van der Waals surface area contributed by atoms with Crippen molar-refractivity contribution in [3.8, 4) is 28.6 Å². The van der Waals surface area contributed by atoms with E-state index in [4.69, 9.17) is 8.83 Å². The van der Waals surface area contributed by atoms with E-state index >= 15 is 0 Å². The summed E-state index contributed by atoms with van der Waals surface area (Å²) in [5.41, 5.74) is 27.0. The van der Waals surface area contributed by atoms with Gasteiger partial charge in [-0.1, -0.05) is 119 Å². The Labute approximate surface area is 464 Å². The highest BCUT2D eigenvalue weighted by Gasteiger charge is 2.41. The Morgan fingerprint density at radius 3 is 1.35 bits per heavy atom. The van der Waals surface area contributed by atoms with Crippen molar-refractivity contribution in [3.63, 3.8) is 0 Å². The highest BCUT2D eigenvalue weighted by Crippen LogP contribution is 2.57. The van der Waals surface area contributed by atoms with Crippen LogP contribution in [0.25, 0.3) is 99.2 Å². The molecule has 0 saturated carbocycles. The minimum Gasteiger partial charge on any atom is -0.452 e. The minimum absolute atomic E-state index is 0.0421. The molecule has 3 aromatic heterocycles. The zero-order valence-electron chi connectivity index (χ0n) is 48.3. The molecule has 15 rings (SSSR count). The number of aromatic nitrogens is 2. The first-order valence-electron chi connectivity index (χ1n) is 29.3. The van der Waals surface area contributed by atoms with Gasteiger partial charge >= 0.3 is 0 Å². The van der Waals surface area contributed by atoms with E-state index in [0.29, 0.717) is 16.7 Å². The first-order chi connectivity index (χ1) is 37.7. The van der Waals surface area contributed by atoms with E-state index in [1.165, 1.54) is 134 Å². The molecule has 0 bridgehead atoms. The van der Waals surface area contributed by atoms with Crippen LogP contribution in [-0.4, -0.2) is 9.13 Å². The van der Waals surface area contributed by atoms with Crippen molar-refractivity contribution in [1.82, 2.24) is 9.13 Å². The second-order valence-corrected chi connectivity index (χ2v) is 28.1. The maximum absolute atomic E-state index is 11.1. The van der Waals surface area contributed by atoms with Crippen LogP contribution in [0.3, 0.4) is 0 Å². The molecular weight excluding hydrogens is 963 g/mol. The van der Waals surface area contributed by atoms with Crippen molar-refractivity contribution in [3.05, 3.63) is 176 Å². The van der Waals surface area contributed by atoms with Gasteiger partial charge in [0.25, 0.3) is 0 Å². The molecule has 79 heavy (non-hydrogen) atoms. The third kappa shape index (κ3) is 6.98. The molecule has 2 aliphatic carbocycles. The van der Waals surface area contributed by atoms with Crippen LogP contribution in [0.2, 0.25) is 0 Å². The topological polar surface area (TPSA) is 59.9 Å². The predicted octanol–water partition coefficient (Wildman–Crippen LogP) is 19.9. The summed E-state index contributed by atoms with van der Waals surface area (Å²) < 4.78 is 20.2. The smallest absolute Gasteiger partial charge is 0.188 e. The lowest BCUT2D eigenvalue weighted by atomic mass is 9.73. The number of nitriles is 1. The van der Waals surface area contributed by atoms with Gasteiger partial charge < -0.3 is 18.0 Å². The van der Waals surface area contributed by atoms with E-state index < -0.39 is 0 Å². The van der Waals surface area contributed by atoms with E-state index in [1.54, 1.807) is 0 Å². The number of aryl methyl sites for hydroxylation is 4. The van der Waals surface area contributed by atoms with Crippen molar-refractivity contribution < 1.29 is 8.83 Å². The normalized spacial score (nSPS) is 15.4. The molecule has 394 valence electrons.